The monoisotopic (exact) mass is 230 g/mol. The second-order valence-corrected chi connectivity index (χ2v) is 3.76. The van der Waals surface area contributed by atoms with E-state index in [-0.39, 0.29) is 11.9 Å². The third-order valence-electron chi connectivity index (χ3n) is 2.24. The number of benzene rings is 1. The second-order valence-electron chi connectivity index (χ2n) is 3.76. The Hall–Kier alpha value is -2.08. The fourth-order valence-corrected chi connectivity index (χ4v) is 1.30. The van der Waals surface area contributed by atoms with Crippen molar-refractivity contribution in [2.45, 2.75) is 26.4 Å². The molecule has 0 N–H and O–H groups in total. The molecule has 3 nitrogen and oxygen atoms in total. The third kappa shape index (κ3) is 3.76. The maximum absolute atomic E-state index is 11.6. The van der Waals surface area contributed by atoms with Gasteiger partial charge in [0.05, 0.1) is 5.56 Å². The molecule has 3 heteroatoms. The minimum absolute atomic E-state index is 0.0365. The zero-order valence-electron chi connectivity index (χ0n) is 9.90. The standard InChI is InChI=1S/C14H14O3/c1-4-5-10(2)17-14(16)13-8-6-12(7-9-13)11(3)15/h1,6-10H,5H2,2-3H3. The molecule has 0 aromatic heterocycles. The SMILES string of the molecule is C#CCC(C)OC(=O)c1ccc(C(C)=O)cc1. The lowest BCUT2D eigenvalue weighted by Crippen LogP contribution is -2.14. The number of ketones is 1. The Balaban J connectivity index is 2.70. The number of hydrogen-bond donors (Lipinski definition) is 0. The first-order valence-electron chi connectivity index (χ1n) is 5.30. The van der Waals surface area contributed by atoms with Gasteiger partial charge in [0.2, 0.25) is 0 Å². The molecule has 0 saturated carbocycles. The Bertz CT molecular complexity index is 451. The highest BCUT2D eigenvalue weighted by Crippen LogP contribution is 2.08. The van der Waals surface area contributed by atoms with Crippen molar-refractivity contribution in [2.24, 2.45) is 0 Å². The van der Waals surface area contributed by atoms with E-state index in [2.05, 4.69) is 5.92 Å². The van der Waals surface area contributed by atoms with Gasteiger partial charge in [-0.05, 0) is 26.0 Å². The molecule has 0 aliphatic carbocycles. The molecule has 0 spiro atoms. The molecule has 1 aromatic rings. The molecule has 1 atom stereocenters. The minimum atomic E-state index is -0.428. The van der Waals surface area contributed by atoms with E-state index in [1.165, 1.54) is 6.92 Å². The summed E-state index contributed by atoms with van der Waals surface area (Å²) in [4.78, 5) is 22.7. The third-order valence-corrected chi connectivity index (χ3v) is 2.24. The zero-order chi connectivity index (χ0) is 12.8. The molecule has 0 radical (unpaired) electrons. The van der Waals surface area contributed by atoms with Crippen molar-refractivity contribution in [3.63, 3.8) is 0 Å². The van der Waals surface area contributed by atoms with Gasteiger partial charge in [-0.1, -0.05) is 12.1 Å². The number of Topliss-reactive ketones (excluding diaryl/α,β-unsaturated/α-hetero) is 1. The lowest BCUT2D eigenvalue weighted by molar-refractivity contribution is 0.0352. The molecule has 0 amide bonds. The van der Waals surface area contributed by atoms with Crippen LogP contribution in [0.2, 0.25) is 0 Å². The molecule has 0 heterocycles. The molecule has 1 rings (SSSR count). The Morgan fingerprint density at radius 2 is 1.82 bits per heavy atom. The predicted octanol–water partition coefficient (Wildman–Crippen LogP) is 2.46. The molecule has 0 aliphatic rings. The van der Waals surface area contributed by atoms with Gasteiger partial charge in [0, 0.05) is 12.0 Å². The van der Waals surface area contributed by atoms with Crippen molar-refractivity contribution >= 4 is 11.8 Å². The molecular weight excluding hydrogens is 216 g/mol. The van der Waals surface area contributed by atoms with Crippen LogP contribution in [0.25, 0.3) is 0 Å². The second kappa shape index (κ2) is 5.86. The molecule has 88 valence electrons. The van der Waals surface area contributed by atoms with Crippen LogP contribution in [0.4, 0.5) is 0 Å². The van der Waals surface area contributed by atoms with Gasteiger partial charge < -0.3 is 4.74 Å². The number of terminal acetylenes is 1. The Morgan fingerprint density at radius 3 is 2.29 bits per heavy atom. The van der Waals surface area contributed by atoms with E-state index >= 15 is 0 Å². The smallest absolute Gasteiger partial charge is 0.338 e. The van der Waals surface area contributed by atoms with Crippen molar-refractivity contribution in [2.75, 3.05) is 0 Å². The van der Waals surface area contributed by atoms with E-state index in [4.69, 9.17) is 11.2 Å². The number of carbonyl (C=O) groups is 2. The van der Waals surface area contributed by atoms with Gasteiger partial charge in [0.1, 0.15) is 6.10 Å². The van der Waals surface area contributed by atoms with Crippen LogP contribution in [0.5, 0.6) is 0 Å². The van der Waals surface area contributed by atoms with Crippen molar-refractivity contribution in [3.8, 4) is 12.3 Å². The maximum atomic E-state index is 11.6. The van der Waals surface area contributed by atoms with E-state index in [9.17, 15) is 9.59 Å². The normalized spacial score (nSPS) is 11.4. The van der Waals surface area contributed by atoms with Gasteiger partial charge in [-0.25, -0.2) is 4.79 Å². The summed E-state index contributed by atoms with van der Waals surface area (Å²) in [7, 11) is 0. The van der Waals surface area contributed by atoms with E-state index in [1.54, 1.807) is 31.2 Å². The molecule has 1 aromatic carbocycles. The molecule has 1 unspecified atom stereocenters. The molecular formula is C14H14O3. The van der Waals surface area contributed by atoms with Crippen molar-refractivity contribution < 1.29 is 14.3 Å². The zero-order valence-corrected chi connectivity index (χ0v) is 9.90. The largest absolute Gasteiger partial charge is 0.458 e. The van der Waals surface area contributed by atoms with E-state index in [1.807, 2.05) is 0 Å². The Morgan fingerprint density at radius 1 is 1.29 bits per heavy atom. The van der Waals surface area contributed by atoms with Crippen molar-refractivity contribution in [3.05, 3.63) is 35.4 Å². The highest BCUT2D eigenvalue weighted by molar-refractivity contribution is 5.96. The fraction of sp³-hybridized carbons (Fsp3) is 0.286. The van der Waals surface area contributed by atoms with Crippen LogP contribution in [0.15, 0.2) is 24.3 Å². The van der Waals surface area contributed by atoms with Crippen LogP contribution in [-0.4, -0.2) is 17.9 Å². The summed E-state index contributed by atoms with van der Waals surface area (Å²) in [5.41, 5.74) is 0.983. The van der Waals surface area contributed by atoms with Crippen LogP contribution >= 0.6 is 0 Å². The van der Waals surface area contributed by atoms with Crippen molar-refractivity contribution in [1.29, 1.82) is 0 Å². The van der Waals surface area contributed by atoms with Gasteiger partial charge in [0.15, 0.2) is 5.78 Å². The molecule has 0 bridgehead atoms. The summed E-state index contributed by atoms with van der Waals surface area (Å²) in [5, 5.41) is 0. The maximum Gasteiger partial charge on any atom is 0.338 e. The Labute approximate surface area is 101 Å². The highest BCUT2D eigenvalue weighted by atomic mass is 16.5. The molecule has 0 fully saturated rings. The highest BCUT2D eigenvalue weighted by Gasteiger charge is 2.11. The lowest BCUT2D eigenvalue weighted by Gasteiger charge is -2.10. The fourth-order valence-electron chi connectivity index (χ4n) is 1.30. The van der Waals surface area contributed by atoms with Gasteiger partial charge in [0.25, 0.3) is 0 Å². The van der Waals surface area contributed by atoms with Crippen LogP contribution in [0.3, 0.4) is 0 Å². The van der Waals surface area contributed by atoms with Crippen LogP contribution in [-0.2, 0) is 4.74 Å². The van der Waals surface area contributed by atoms with Gasteiger partial charge in [-0.15, -0.1) is 12.3 Å². The summed E-state index contributed by atoms with van der Waals surface area (Å²) in [6.07, 6.45) is 5.20. The first-order chi connectivity index (χ1) is 8.04. The minimum Gasteiger partial charge on any atom is -0.458 e. The summed E-state index contributed by atoms with van der Waals surface area (Å²) < 4.78 is 5.11. The topological polar surface area (TPSA) is 43.4 Å². The van der Waals surface area contributed by atoms with Crippen LogP contribution in [0.1, 0.15) is 41.0 Å². The lowest BCUT2D eigenvalue weighted by atomic mass is 10.1. The summed E-state index contributed by atoms with van der Waals surface area (Å²) in [6, 6.07) is 6.35. The van der Waals surface area contributed by atoms with Gasteiger partial charge in [-0.2, -0.15) is 0 Å². The molecule has 17 heavy (non-hydrogen) atoms. The van der Waals surface area contributed by atoms with Crippen molar-refractivity contribution in [1.82, 2.24) is 0 Å². The summed E-state index contributed by atoms with van der Waals surface area (Å²) in [6.45, 7) is 3.21. The summed E-state index contributed by atoms with van der Waals surface area (Å²) >= 11 is 0. The number of hydrogen-bond acceptors (Lipinski definition) is 3. The number of ether oxygens (including phenoxy) is 1. The van der Waals surface area contributed by atoms with E-state index in [0.717, 1.165) is 0 Å². The first-order valence-corrected chi connectivity index (χ1v) is 5.30. The Kier molecular flexibility index (Phi) is 4.47. The number of rotatable bonds is 4. The average Bonchev–Trinajstić information content (AvgIpc) is 2.29. The summed E-state index contributed by atoms with van der Waals surface area (Å²) in [5.74, 6) is 1.96. The first kappa shape index (κ1) is 13.0. The molecule has 0 saturated heterocycles. The predicted molar refractivity (Wildman–Crippen MR) is 64.8 cm³/mol. The van der Waals surface area contributed by atoms with E-state index < -0.39 is 5.97 Å². The number of carbonyl (C=O) groups excluding carboxylic acids is 2. The van der Waals surface area contributed by atoms with Gasteiger partial charge in [-0.3, -0.25) is 4.79 Å². The van der Waals surface area contributed by atoms with Gasteiger partial charge >= 0.3 is 5.97 Å². The van der Waals surface area contributed by atoms with Crippen LogP contribution in [0, 0.1) is 12.3 Å². The number of esters is 1. The van der Waals surface area contributed by atoms with Crippen LogP contribution < -0.4 is 0 Å². The average molecular weight is 230 g/mol. The van der Waals surface area contributed by atoms with E-state index in [0.29, 0.717) is 17.5 Å². The molecule has 0 aliphatic heterocycles. The quantitative estimate of drug-likeness (QED) is 0.453.